The Labute approximate surface area is 392 Å². The first kappa shape index (κ1) is 47.9. The smallest absolute Gasteiger partial charge is 0.479 e. The summed E-state index contributed by atoms with van der Waals surface area (Å²) >= 11 is 21.2. The van der Waals surface area contributed by atoms with Gasteiger partial charge in [-0.25, -0.2) is 0 Å². The zero-order chi connectivity index (χ0) is 43.1. The lowest BCUT2D eigenvalue weighted by atomic mass is 9.80. The lowest BCUT2D eigenvalue weighted by molar-refractivity contribution is 0.368. The molecule has 62 heavy (non-hydrogen) atoms. The molecule has 0 radical (unpaired) electrons. The van der Waals surface area contributed by atoms with Gasteiger partial charge in [0.2, 0.25) is 0 Å². The molecule has 0 saturated carbocycles. The number of nitriles is 2. The van der Waals surface area contributed by atoms with E-state index in [0.717, 1.165) is 69.4 Å². The van der Waals surface area contributed by atoms with Gasteiger partial charge in [0, 0.05) is 36.2 Å². The fourth-order valence-electron chi connectivity index (χ4n) is 6.80. The fourth-order valence-corrected chi connectivity index (χ4v) is 7.89. The predicted molar refractivity (Wildman–Crippen MR) is 261 cm³/mol. The summed E-state index contributed by atoms with van der Waals surface area (Å²) in [5.41, 5.74) is 9.26. The standard InChI is InChI=1S/C24H18Cl2N2O.C16H13ClIN.C8H8BNO3.CH4/c25-20-4-2-1-3-19(20)23-11-10-22(28-23)17-7-5-16(6-8-17)18-9-12-24(21(26)15-18)29-14-13-27;17-14-4-2-1-3-13(14)16-10-9-15(19-16)11-5-7-12(18)8-6-11;10-5-6-13-8-3-1-7(2-4-8)9(11)12;/h1-9,12,15,22H,10-11,14H2;1-8,15H,9-10H2;1-4,11-12H,6H2;1H4. The van der Waals surface area contributed by atoms with Gasteiger partial charge in [0.1, 0.15) is 23.6 Å². The van der Waals surface area contributed by atoms with Gasteiger partial charge in [-0.2, -0.15) is 10.5 Å². The minimum absolute atomic E-state index is 0. The molecule has 6 aromatic carbocycles. The van der Waals surface area contributed by atoms with Crippen LogP contribution in [0.4, 0.5) is 0 Å². The molecular weight excluding hydrogens is 953 g/mol. The van der Waals surface area contributed by atoms with Crippen LogP contribution in [0, 0.1) is 26.2 Å². The summed E-state index contributed by atoms with van der Waals surface area (Å²) in [6.07, 6.45) is 3.98. The van der Waals surface area contributed by atoms with Gasteiger partial charge in [0.05, 0.1) is 17.1 Å². The molecule has 0 fully saturated rings. The summed E-state index contributed by atoms with van der Waals surface area (Å²) in [6, 6.07) is 48.8. The van der Waals surface area contributed by atoms with E-state index in [1.807, 2.05) is 66.7 Å². The molecule has 0 saturated heterocycles. The molecule has 0 spiro atoms. The summed E-state index contributed by atoms with van der Waals surface area (Å²) in [4.78, 5) is 9.76. The highest BCUT2D eigenvalue weighted by Gasteiger charge is 2.23. The van der Waals surface area contributed by atoms with E-state index in [9.17, 15) is 0 Å². The quantitative estimate of drug-likeness (QED) is 0.104. The van der Waals surface area contributed by atoms with Crippen molar-refractivity contribution in [3.8, 4) is 34.8 Å². The fraction of sp³-hybridized carbons (Fsp3) is 0.184. The highest BCUT2D eigenvalue weighted by Crippen LogP contribution is 2.36. The summed E-state index contributed by atoms with van der Waals surface area (Å²) < 4.78 is 11.5. The van der Waals surface area contributed by atoms with Crippen LogP contribution in [-0.2, 0) is 0 Å². The SMILES string of the molecule is C.Clc1ccccc1C1=NC(c2ccc(I)cc2)CC1.N#CCOc1ccc(-c2ccc(C3CCC(c4ccccc4Cl)=N3)cc2)cc1Cl.N#CCOc1ccc(B(O)O)cc1. The Balaban J connectivity index is 0.000000190. The second kappa shape index (κ2) is 23.9. The van der Waals surface area contributed by atoms with Crippen LogP contribution in [0.3, 0.4) is 0 Å². The van der Waals surface area contributed by atoms with Gasteiger partial charge in [-0.15, -0.1) is 0 Å². The third-order valence-electron chi connectivity index (χ3n) is 9.89. The third-order valence-corrected chi connectivity index (χ3v) is 11.6. The molecular formula is C49H43BCl3IN4O4. The molecule has 13 heteroatoms. The number of ether oxygens (including phenoxy) is 2. The van der Waals surface area contributed by atoms with Crippen molar-refractivity contribution in [3.05, 3.63) is 180 Å². The highest BCUT2D eigenvalue weighted by atomic mass is 127. The number of nitrogens with zero attached hydrogens (tertiary/aromatic N) is 4. The van der Waals surface area contributed by atoms with Crippen molar-refractivity contribution in [1.29, 1.82) is 10.5 Å². The number of benzene rings is 6. The monoisotopic (exact) mass is 994 g/mol. The Morgan fingerprint density at radius 2 is 1.10 bits per heavy atom. The largest absolute Gasteiger partial charge is 0.488 e. The van der Waals surface area contributed by atoms with Crippen molar-refractivity contribution in [2.24, 2.45) is 9.98 Å². The van der Waals surface area contributed by atoms with E-state index in [0.29, 0.717) is 22.0 Å². The zero-order valence-corrected chi connectivity index (χ0v) is 37.2. The number of hydrogen-bond donors (Lipinski definition) is 2. The molecule has 0 bridgehead atoms. The third kappa shape index (κ3) is 13.2. The van der Waals surface area contributed by atoms with E-state index in [1.54, 1.807) is 18.2 Å². The van der Waals surface area contributed by atoms with Crippen LogP contribution in [-0.4, -0.2) is 41.8 Å². The maximum absolute atomic E-state index is 8.75. The first-order chi connectivity index (χ1) is 29.6. The lowest BCUT2D eigenvalue weighted by Crippen LogP contribution is -2.29. The second-order valence-corrected chi connectivity index (χ2v) is 16.3. The number of rotatable bonds is 10. The minimum Gasteiger partial charge on any atom is -0.479 e. The van der Waals surface area contributed by atoms with Crippen LogP contribution in [0.1, 0.15) is 67.4 Å². The molecule has 8 nitrogen and oxygen atoms in total. The molecule has 2 heterocycles. The van der Waals surface area contributed by atoms with E-state index in [2.05, 4.69) is 77.2 Å². The first-order valence-corrected chi connectivity index (χ1v) is 21.6. The molecule has 2 aliphatic rings. The van der Waals surface area contributed by atoms with E-state index in [4.69, 9.17) is 74.8 Å². The van der Waals surface area contributed by atoms with Crippen LogP contribution in [0.5, 0.6) is 11.5 Å². The summed E-state index contributed by atoms with van der Waals surface area (Å²) in [5.74, 6) is 1.05. The van der Waals surface area contributed by atoms with Crippen molar-refractivity contribution in [2.75, 3.05) is 13.2 Å². The normalized spacial score (nSPS) is 14.8. The molecule has 6 aromatic rings. The van der Waals surface area contributed by atoms with Crippen molar-refractivity contribution in [3.63, 3.8) is 0 Å². The second-order valence-electron chi connectivity index (χ2n) is 13.9. The van der Waals surface area contributed by atoms with Gasteiger partial charge >= 0.3 is 7.12 Å². The van der Waals surface area contributed by atoms with Crippen LogP contribution in [0.2, 0.25) is 15.1 Å². The van der Waals surface area contributed by atoms with E-state index in [-0.39, 0.29) is 32.7 Å². The zero-order valence-electron chi connectivity index (χ0n) is 32.8. The van der Waals surface area contributed by atoms with Crippen LogP contribution < -0.4 is 14.9 Å². The van der Waals surface area contributed by atoms with Crippen molar-refractivity contribution in [2.45, 2.75) is 45.2 Å². The predicted octanol–water partition coefficient (Wildman–Crippen LogP) is 12.1. The highest BCUT2D eigenvalue weighted by molar-refractivity contribution is 14.1. The molecule has 2 N–H and O–H groups in total. The Morgan fingerprint density at radius 3 is 1.58 bits per heavy atom. The number of halogens is 4. The van der Waals surface area contributed by atoms with E-state index >= 15 is 0 Å². The Kier molecular flexibility index (Phi) is 18.4. The summed E-state index contributed by atoms with van der Waals surface area (Å²) in [7, 11) is -1.47. The van der Waals surface area contributed by atoms with Crippen LogP contribution >= 0.6 is 57.4 Å². The molecule has 314 valence electrons. The topological polar surface area (TPSA) is 131 Å². The molecule has 8 rings (SSSR count). The molecule has 2 unspecified atom stereocenters. The van der Waals surface area contributed by atoms with Crippen molar-refractivity contribution in [1.82, 2.24) is 0 Å². The van der Waals surface area contributed by atoms with Gasteiger partial charge in [-0.05, 0) is 125 Å². The lowest BCUT2D eigenvalue weighted by Gasteiger charge is -2.10. The van der Waals surface area contributed by atoms with E-state index < -0.39 is 7.12 Å². The average molecular weight is 996 g/mol. The van der Waals surface area contributed by atoms with Crippen molar-refractivity contribution < 1.29 is 19.5 Å². The van der Waals surface area contributed by atoms with Gasteiger partial charge in [-0.3, -0.25) is 9.98 Å². The van der Waals surface area contributed by atoms with Gasteiger partial charge < -0.3 is 19.5 Å². The van der Waals surface area contributed by atoms with Crippen LogP contribution in [0.15, 0.2) is 150 Å². The molecule has 0 aliphatic carbocycles. The maximum atomic E-state index is 8.75. The number of hydrogen-bond acceptors (Lipinski definition) is 8. The average Bonchev–Trinajstić information content (AvgIpc) is 3.98. The Bertz CT molecular complexity index is 2560. The number of aliphatic imine (C=N–C) groups is 2. The van der Waals surface area contributed by atoms with Gasteiger partial charge in [-0.1, -0.05) is 133 Å². The maximum Gasteiger partial charge on any atom is 0.488 e. The Morgan fingerprint density at radius 1 is 0.613 bits per heavy atom. The molecule has 0 aromatic heterocycles. The van der Waals surface area contributed by atoms with Crippen molar-refractivity contribution >= 4 is 81.4 Å². The van der Waals surface area contributed by atoms with E-state index in [1.165, 1.54) is 26.8 Å². The first-order valence-electron chi connectivity index (χ1n) is 19.4. The molecule has 2 atom stereocenters. The molecule has 2 aliphatic heterocycles. The molecule has 0 amide bonds. The minimum atomic E-state index is -1.47. The summed E-state index contributed by atoms with van der Waals surface area (Å²) in [5, 5.41) is 36.4. The van der Waals surface area contributed by atoms with Gasteiger partial charge in [0.25, 0.3) is 0 Å². The van der Waals surface area contributed by atoms with Gasteiger partial charge in [0.15, 0.2) is 13.2 Å². The van der Waals surface area contributed by atoms with Crippen LogP contribution in [0.25, 0.3) is 11.1 Å². The summed E-state index contributed by atoms with van der Waals surface area (Å²) in [6.45, 7) is -0.0348. The Hall–Kier alpha value is -5.18.